The summed E-state index contributed by atoms with van der Waals surface area (Å²) in [5.41, 5.74) is 0. The molecule has 0 aromatic carbocycles. The molecule has 0 bridgehead atoms. The number of urea groups is 1. The zero-order chi connectivity index (χ0) is 40.9. The molecular weight excluding hydrogens is 753 g/mol. The van der Waals surface area contributed by atoms with Gasteiger partial charge in [-0.25, -0.2) is 4.79 Å². The Bertz CT molecular complexity index is 1310. The van der Waals surface area contributed by atoms with Crippen molar-refractivity contribution in [3.05, 3.63) is 0 Å². The van der Waals surface area contributed by atoms with E-state index in [1.165, 1.54) is 0 Å². The van der Waals surface area contributed by atoms with Crippen LogP contribution in [0.15, 0.2) is 0 Å². The van der Waals surface area contributed by atoms with Crippen LogP contribution in [0.4, 0.5) is 4.79 Å². The molecule has 4 amide bonds. The number of aliphatic carboxylic acids is 4. The van der Waals surface area contributed by atoms with Crippen molar-refractivity contribution in [2.75, 3.05) is 90.8 Å². The Kier molecular flexibility index (Phi) is 21.3. The number of hydrogen-bond donors (Lipinski definition) is 8. The fourth-order valence-corrected chi connectivity index (χ4v) is 8.98. The molecule has 3 aliphatic heterocycles. The summed E-state index contributed by atoms with van der Waals surface area (Å²) in [6.07, 6.45) is 7.50. The summed E-state index contributed by atoms with van der Waals surface area (Å²) in [5, 5.41) is 50.4. The quantitative estimate of drug-likeness (QED) is 0.0456. The maximum absolute atomic E-state index is 12.5. The number of fused-ring (bicyclic) bond motifs is 1. The summed E-state index contributed by atoms with van der Waals surface area (Å²) in [4.78, 5) is 89.7. The average Bonchev–Trinajstić information content (AvgIpc) is 3.67. The minimum absolute atomic E-state index is 0.0233. The molecule has 0 aliphatic carbocycles. The number of nitrogens with one attached hydrogen (secondary N) is 4. The molecule has 3 fully saturated rings. The minimum Gasteiger partial charge on any atom is -0.480 e. The van der Waals surface area contributed by atoms with Crippen molar-refractivity contribution in [3.63, 3.8) is 0 Å². The number of amides is 4. The molecular formula is C36H62N8O11S. The molecule has 8 N–H and O–H groups in total. The molecule has 20 heteroatoms. The highest BCUT2D eigenvalue weighted by molar-refractivity contribution is 8.00. The van der Waals surface area contributed by atoms with Crippen LogP contribution < -0.4 is 21.3 Å². The number of hydrogen-bond acceptors (Lipinski definition) is 12. The van der Waals surface area contributed by atoms with Crippen molar-refractivity contribution in [1.82, 2.24) is 40.9 Å². The van der Waals surface area contributed by atoms with Crippen LogP contribution >= 0.6 is 11.8 Å². The monoisotopic (exact) mass is 814 g/mol. The van der Waals surface area contributed by atoms with Crippen LogP contribution in [-0.2, 0) is 28.8 Å². The number of carboxylic acids is 4. The summed E-state index contributed by atoms with van der Waals surface area (Å²) in [6.45, 7) is 1.36. The lowest BCUT2D eigenvalue weighted by Crippen LogP contribution is -2.53. The van der Waals surface area contributed by atoms with Gasteiger partial charge < -0.3 is 41.7 Å². The van der Waals surface area contributed by atoms with Gasteiger partial charge >= 0.3 is 29.9 Å². The van der Waals surface area contributed by atoms with Crippen molar-refractivity contribution in [1.29, 1.82) is 0 Å². The van der Waals surface area contributed by atoms with E-state index in [1.807, 2.05) is 11.8 Å². The van der Waals surface area contributed by atoms with E-state index in [0.717, 1.165) is 37.9 Å². The topological polar surface area (TPSA) is 261 Å². The first-order valence-corrected chi connectivity index (χ1v) is 20.8. The van der Waals surface area contributed by atoms with Crippen molar-refractivity contribution < 1.29 is 54.0 Å². The number of carboxylic acid groups (broad SMARTS) is 4. The number of carbonyl (C=O) groups excluding carboxylic acids is 3. The molecule has 3 heterocycles. The van der Waals surface area contributed by atoms with Crippen LogP contribution in [0.25, 0.3) is 0 Å². The third-order valence-electron chi connectivity index (χ3n) is 10.3. The maximum Gasteiger partial charge on any atom is 0.317 e. The molecule has 3 rings (SSSR count). The SMILES string of the molecule is O=C(O)CN1CCN(CC(=O)O)CCN(CC(=O)O)C(CCCCNC(=O)CCCCCNC(=O)CCCCC2SCC3NC(=O)NC32)CN(CC(=O)O)CC1. The predicted molar refractivity (Wildman–Crippen MR) is 208 cm³/mol. The van der Waals surface area contributed by atoms with Gasteiger partial charge in [0.15, 0.2) is 0 Å². The molecule has 3 saturated heterocycles. The van der Waals surface area contributed by atoms with Crippen molar-refractivity contribution in [2.45, 2.75) is 94.0 Å². The predicted octanol–water partition coefficient (Wildman–Crippen LogP) is -0.396. The molecule has 4 unspecified atom stereocenters. The fraction of sp³-hybridized carbons (Fsp3) is 0.806. The maximum atomic E-state index is 12.5. The van der Waals surface area contributed by atoms with E-state index in [9.17, 15) is 54.0 Å². The molecule has 318 valence electrons. The second kappa shape index (κ2) is 25.5. The van der Waals surface area contributed by atoms with Gasteiger partial charge in [0.05, 0.1) is 38.3 Å². The molecule has 0 aromatic rings. The van der Waals surface area contributed by atoms with Crippen LogP contribution in [0.1, 0.15) is 70.6 Å². The van der Waals surface area contributed by atoms with Crippen LogP contribution in [-0.4, -0.2) is 196 Å². The first kappa shape index (κ1) is 46.7. The van der Waals surface area contributed by atoms with E-state index < -0.39 is 23.9 Å². The van der Waals surface area contributed by atoms with E-state index in [-0.39, 0.29) is 108 Å². The Balaban J connectivity index is 1.36. The Morgan fingerprint density at radius 3 is 1.70 bits per heavy atom. The Morgan fingerprint density at radius 2 is 1.11 bits per heavy atom. The number of carbonyl (C=O) groups is 7. The summed E-state index contributed by atoms with van der Waals surface area (Å²) in [5.74, 6) is -3.38. The highest BCUT2D eigenvalue weighted by Crippen LogP contribution is 2.33. The summed E-state index contributed by atoms with van der Waals surface area (Å²) < 4.78 is 0. The fourth-order valence-electron chi connectivity index (χ4n) is 7.43. The standard InChI is InChI=1S/C36H62N8O11S/c45-29(10-2-1-6-12-37-30(46)11-4-3-9-28-35-27(25-56-28)39-36(55)40-35)38-13-7-5-8-26-20-43(23-33(51)52)17-16-41(21-31(47)48)14-15-42(22-32(49)50)18-19-44(26)24-34(53)54/h26-28,35H,1-25H2,(H,37,46)(H,38,45)(H,47,48)(H,49,50)(H,51,52)(H,53,54)(H2,39,40,55). The molecule has 0 radical (unpaired) electrons. The molecule has 56 heavy (non-hydrogen) atoms. The van der Waals surface area contributed by atoms with Gasteiger partial charge in [-0.1, -0.05) is 19.3 Å². The van der Waals surface area contributed by atoms with Crippen LogP contribution in [0.2, 0.25) is 0 Å². The highest BCUT2D eigenvalue weighted by Gasteiger charge is 2.42. The summed E-state index contributed by atoms with van der Waals surface area (Å²) in [6, 6.07) is -0.0963. The Morgan fingerprint density at radius 1 is 0.607 bits per heavy atom. The molecule has 0 spiro atoms. The largest absolute Gasteiger partial charge is 0.480 e. The van der Waals surface area contributed by atoms with Crippen LogP contribution in [0, 0.1) is 0 Å². The van der Waals surface area contributed by atoms with Crippen molar-refractivity contribution in [3.8, 4) is 0 Å². The Labute approximate surface area is 332 Å². The van der Waals surface area contributed by atoms with Gasteiger partial charge in [0.2, 0.25) is 11.8 Å². The lowest BCUT2D eigenvalue weighted by Gasteiger charge is -2.37. The van der Waals surface area contributed by atoms with Gasteiger partial charge in [0.1, 0.15) is 0 Å². The first-order chi connectivity index (χ1) is 26.8. The number of unbranched alkanes of at least 4 members (excludes halogenated alkanes) is 4. The van der Waals surface area contributed by atoms with E-state index in [4.69, 9.17) is 0 Å². The van der Waals surface area contributed by atoms with E-state index in [2.05, 4.69) is 21.3 Å². The number of thioether (sulfide) groups is 1. The third kappa shape index (κ3) is 18.9. The molecule has 0 saturated carbocycles. The van der Waals surface area contributed by atoms with Crippen molar-refractivity contribution in [2.24, 2.45) is 0 Å². The van der Waals surface area contributed by atoms with Gasteiger partial charge in [-0.3, -0.25) is 48.4 Å². The van der Waals surface area contributed by atoms with E-state index in [0.29, 0.717) is 56.9 Å². The lowest BCUT2D eigenvalue weighted by molar-refractivity contribution is -0.142. The normalized spacial score (nSPS) is 22.9. The van der Waals surface area contributed by atoms with E-state index >= 15 is 0 Å². The summed E-state index contributed by atoms with van der Waals surface area (Å²) >= 11 is 1.87. The zero-order valence-electron chi connectivity index (χ0n) is 32.3. The Hall–Kier alpha value is -3.72. The lowest BCUT2D eigenvalue weighted by atomic mass is 10.0. The van der Waals surface area contributed by atoms with Gasteiger partial charge in [0, 0.05) is 88.8 Å². The van der Waals surface area contributed by atoms with Crippen LogP contribution in [0.5, 0.6) is 0 Å². The van der Waals surface area contributed by atoms with Gasteiger partial charge in [-0.15, -0.1) is 0 Å². The zero-order valence-corrected chi connectivity index (χ0v) is 33.1. The molecule has 3 aliphatic rings. The first-order valence-electron chi connectivity index (χ1n) is 19.8. The minimum atomic E-state index is -1.07. The van der Waals surface area contributed by atoms with E-state index in [1.54, 1.807) is 19.6 Å². The number of nitrogens with zero attached hydrogens (tertiary/aromatic N) is 4. The van der Waals surface area contributed by atoms with Gasteiger partial charge in [-0.05, 0) is 38.5 Å². The van der Waals surface area contributed by atoms with Gasteiger partial charge in [-0.2, -0.15) is 11.8 Å². The second-order valence-electron chi connectivity index (χ2n) is 14.9. The summed E-state index contributed by atoms with van der Waals surface area (Å²) in [7, 11) is 0. The molecule has 0 aromatic heterocycles. The van der Waals surface area contributed by atoms with Crippen LogP contribution in [0.3, 0.4) is 0 Å². The molecule has 4 atom stereocenters. The van der Waals surface area contributed by atoms with Gasteiger partial charge in [0.25, 0.3) is 0 Å². The second-order valence-corrected chi connectivity index (χ2v) is 16.1. The number of rotatable bonds is 24. The highest BCUT2D eigenvalue weighted by atomic mass is 32.2. The molecule has 19 nitrogen and oxygen atoms in total. The smallest absolute Gasteiger partial charge is 0.317 e. The van der Waals surface area contributed by atoms with Crippen molar-refractivity contribution >= 4 is 53.5 Å². The third-order valence-corrected chi connectivity index (χ3v) is 11.8. The average molecular weight is 815 g/mol.